The Morgan fingerprint density at radius 1 is 1.00 bits per heavy atom. The molecule has 1 aliphatic rings. The number of hydrogen-bond donors (Lipinski definition) is 1. The van der Waals surface area contributed by atoms with E-state index in [4.69, 9.17) is 0 Å². The van der Waals surface area contributed by atoms with Crippen molar-refractivity contribution in [2.75, 3.05) is 18.4 Å². The molecule has 2 aromatic carbocycles. The first-order valence-corrected chi connectivity index (χ1v) is 8.91. The first-order valence-electron chi connectivity index (χ1n) is 8.91. The second kappa shape index (κ2) is 7.97. The monoisotopic (exact) mass is 336 g/mol. The Kier molecular flexibility index (Phi) is 5.49. The molecular formula is C21H24N2O2. The molecule has 0 saturated carbocycles. The Hall–Kier alpha value is -2.62. The Balaban J connectivity index is 1.53. The molecule has 0 atom stereocenters. The molecule has 1 saturated heterocycles. The molecule has 0 radical (unpaired) electrons. The lowest BCUT2D eigenvalue weighted by Crippen LogP contribution is -2.41. The number of amides is 2. The normalized spacial score (nSPS) is 15.0. The van der Waals surface area contributed by atoms with Crippen LogP contribution in [0.4, 0.5) is 5.69 Å². The molecule has 0 spiro atoms. The summed E-state index contributed by atoms with van der Waals surface area (Å²) in [5, 5.41) is 3.00. The van der Waals surface area contributed by atoms with Gasteiger partial charge in [-0.3, -0.25) is 9.59 Å². The zero-order chi connectivity index (χ0) is 17.6. The van der Waals surface area contributed by atoms with Crippen LogP contribution in [-0.4, -0.2) is 29.8 Å². The fourth-order valence-corrected chi connectivity index (χ4v) is 3.18. The number of nitrogens with one attached hydrogen (secondary N) is 1. The molecule has 1 heterocycles. The molecule has 4 heteroatoms. The van der Waals surface area contributed by atoms with Crippen LogP contribution in [0.1, 0.15) is 35.7 Å². The third kappa shape index (κ3) is 4.27. The summed E-state index contributed by atoms with van der Waals surface area (Å²) in [6.07, 6.45) is 2.40. The molecule has 3 rings (SSSR count). The summed E-state index contributed by atoms with van der Waals surface area (Å²) in [4.78, 5) is 26.7. The van der Waals surface area contributed by atoms with Crippen LogP contribution in [0, 0.1) is 5.92 Å². The summed E-state index contributed by atoms with van der Waals surface area (Å²) in [5.41, 5.74) is 2.80. The van der Waals surface area contributed by atoms with Crippen molar-refractivity contribution in [2.45, 2.75) is 26.2 Å². The van der Waals surface area contributed by atoms with Gasteiger partial charge in [0.2, 0.25) is 5.91 Å². The molecule has 1 N–H and O–H groups in total. The van der Waals surface area contributed by atoms with Crippen LogP contribution in [0.25, 0.3) is 0 Å². The van der Waals surface area contributed by atoms with E-state index in [1.165, 1.54) is 5.56 Å². The van der Waals surface area contributed by atoms with Gasteiger partial charge >= 0.3 is 0 Å². The van der Waals surface area contributed by atoms with Crippen LogP contribution in [0.2, 0.25) is 0 Å². The van der Waals surface area contributed by atoms with E-state index in [9.17, 15) is 9.59 Å². The second-order valence-corrected chi connectivity index (χ2v) is 6.47. The maximum atomic E-state index is 12.5. The van der Waals surface area contributed by atoms with Crippen LogP contribution in [0.3, 0.4) is 0 Å². The fraction of sp³-hybridized carbons (Fsp3) is 0.333. The topological polar surface area (TPSA) is 49.4 Å². The standard InChI is InChI=1S/C21H24N2O2/c1-2-16-8-10-19(11-9-16)22-20(24)17-12-14-23(15-13-17)21(25)18-6-4-3-5-7-18/h3-11,17H,2,12-15H2,1H3,(H,22,24). The van der Waals surface area contributed by atoms with E-state index in [-0.39, 0.29) is 17.7 Å². The summed E-state index contributed by atoms with van der Waals surface area (Å²) in [7, 11) is 0. The third-order valence-corrected chi connectivity index (χ3v) is 4.80. The van der Waals surface area contributed by atoms with E-state index in [1.807, 2.05) is 59.5 Å². The molecule has 2 amide bonds. The predicted molar refractivity (Wildman–Crippen MR) is 99.5 cm³/mol. The summed E-state index contributed by atoms with van der Waals surface area (Å²) >= 11 is 0. The number of benzene rings is 2. The van der Waals surface area contributed by atoms with Crippen LogP contribution in [-0.2, 0) is 11.2 Å². The number of nitrogens with zero attached hydrogens (tertiary/aromatic N) is 1. The summed E-state index contributed by atoms with van der Waals surface area (Å²) in [6, 6.07) is 17.3. The third-order valence-electron chi connectivity index (χ3n) is 4.80. The van der Waals surface area contributed by atoms with E-state index < -0.39 is 0 Å². The highest BCUT2D eigenvalue weighted by atomic mass is 16.2. The minimum atomic E-state index is -0.0364. The molecule has 0 aromatic heterocycles. The maximum absolute atomic E-state index is 12.5. The maximum Gasteiger partial charge on any atom is 0.253 e. The average Bonchev–Trinajstić information content (AvgIpc) is 2.69. The summed E-state index contributed by atoms with van der Waals surface area (Å²) in [5.74, 6) is 0.0661. The molecule has 0 unspecified atom stereocenters. The molecule has 130 valence electrons. The SMILES string of the molecule is CCc1ccc(NC(=O)C2CCN(C(=O)c3ccccc3)CC2)cc1. The fourth-order valence-electron chi connectivity index (χ4n) is 3.18. The van der Waals surface area contributed by atoms with Crippen molar-refractivity contribution in [1.29, 1.82) is 0 Å². The Labute approximate surface area is 148 Å². The van der Waals surface area contributed by atoms with E-state index in [0.29, 0.717) is 31.5 Å². The van der Waals surface area contributed by atoms with E-state index in [1.54, 1.807) is 0 Å². The zero-order valence-electron chi connectivity index (χ0n) is 14.6. The van der Waals surface area contributed by atoms with Crippen molar-refractivity contribution in [3.8, 4) is 0 Å². The predicted octanol–water partition coefficient (Wildman–Crippen LogP) is 3.74. The number of carbonyl (C=O) groups excluding carboxylic acids is 2. The Bertz CT molecular complexity index is 717. The van der Waals surface area contributed by atoms with Gasteiger partial charge in [0.15, 0.2) is 0 Å². The first kappa shape index (κ1) is 17.2. The minimum absolute atomic E-state index is 0.0364. The highest BCUT2D eigenvalue weighted by Gasteiger charge is 2.27. The van der Waals surface area contributed by atoms with Gasteiger partial charge < -0.3 is 10.2 Å². The van der Waals surface area contributed by atoms with Gasteiger partial charge in [-0.1, -0.05) is 37.3 Å². The molecule has 2 aromatic rings. The zero-order valence-corrected chi connectivity index (χ0v) is 14.6. The van der Waals surface area contributed by atoms with Crippen LogP contribution in [0.5, 0.6) is 0 Å². The van der Waals surface area contributed by atoms with Gasteiger partial charge in [-0.2, -0.15) is 0 Å². The number of likely N-dealkylation sites (tertiary alicyclic amines) is 1. The minimum Gasteiger partial charge on any atom is -0.339 e. The lowest BCUT2D eigenvalue weighted by Gasteiger charge is -2.31. The molecule has 0 aliphatic carbocycles. The Morgan fingerprint density at radius 2 is 1.64 bits per heavy atom. The quantitative estimate of drug-likeness (QED) is 0.924. The smallest absolute Gasteiger partial charge is 0.253 e. The van der Waals surface area contributed by atoms with Crippen molar-refractivity contribution >= 4 is 17.5 Å². The molecule has 25 heavy (non-hydrogen) atoms. The van der Waals surface area contributed by atoms with Crippen molar-refractivity contribution in [3.63, 3.8) is 0 Å². The highest BCUT2D eigenvalue weighted by molar-refractivity contribution is 5.95. The van der Waals surface area contributed by atoms with Crippen molar-refractivity contribution in [1.82, 2.24) is 4.90 Å². The van der Waals surface area contributed by atoms with Crippen LogP contribution >= 0.6 is 0 Å². The first-order chi connectivity index (χ1) is 12.2. The van der Waals surface area contributed by atoms with Gasteiger partial charge in [-0.15, -0.1) is 0 Å². The van der Waals surface area contributed by atoms with Gasteiger partial charge in [0.25, 0.3) is 5.91 Å². The average molecular weight is 336 g/mol. The summed E-state index contributed by atoms with van der Waals surface area (Å²) < 4.78 is 0. The van der Waals surface area contributed by atoms with Gasteiger partial charge in [0.05, 0.1) is 0 Å². The molecule has 0 bridgehead atoms. The van der Waals surface area contributed by atoms with Gasteiger partial charge in [0, 0.05) is 30.3 Å². The van der Waals surface area contributed by atoms with Gasteiger partial charge in [0.1, 0.15) is 0 Å². The molecule has 1 fully saturated rings. The lowest BCUT2D eigenvalue weighted by atomic mass is 9.95. The van der Waals surface area contributed by atoms with Crippen LogP contribution < -0.4 is 5.32 Å². The van der Waals surface area contributed by atoms with Gasteiger partial charge in [-0.25, -0.2) is 0 Å². The second-order valence-electron chi connectivity index (χ2n) is 6.47. The Morgan fingerprint density at radius 3 is 2.24 bits per heavy atom. The molecule has 1 aliphatic heterocycles. The number of rotatable bonds is 4. The summed E-state index contributed by atoms with van der Waals surface area (Å²) in [6.45, 7) is 3.36. The van der Waals surface area contributed by atoms with Crippen LogP contribution in [0.15, 0.2) is 54.6 Å². The highest BCUT2D eigenvalue weighted by Crippen LogP contribution is 2.21. The largest absolute Gasteiger partial charge is 0.339 e. The van der Waals surface area contributed by atoms with E-state index in [2.05, 4.69) is 12.2 Å². The van der Waals surface area contributed by atoms with Crippen molar-refractivity contribution in [2.24, 2.45) is 5.92 Å². The molecular weight excluding hydrogens is 312 g/mol. The van der Waals surface area contributed by atoms with E-state index >= 15 is 0 Å². The molecule has 4 nitrogen and oxygen atoms in total. The number of hydrogen-bond acceptors (Lipinski definition) is 2. The lowest BCUT2D eigenvalue weighted by molar-refractivity contribution is -0.121. The van der Waals surface area contributed by atoms with Crippen molar-refractivity contribution in [3.05, 3.63) is 65.7 Å². The number of piperidine rings is 1. The van der Waals surface area contributed by atoms with Gasteiger partial charge in [-0.05, 0) is 49.1 Å². The number of aryl methyl sites for hydroxylation is 1. The van der Waals surface area contributed by atoms with Crippen molar-refractivity contribution < 1.29 is 9.59 Å². The number of anilines is 1. The number of carbonyl (C=O) groups is 2. The van der Waals surface area contributed by atoms with E-state index in [0.717, 1.165) is 12.1 Å².